The number of ketones is 1. The number of rotatable bonds is 5. The van der Waals surface area contributed by atoms with Crippen molar-refractivity contribution in [2.45, 2.75) is 0 Å². The summed E-state index contributed by atoms with van der Waals surface area (Å²) in [5.41, 5.74) is -0.306. The van der Waals surface area contributed by atoms with E-state index in [9.17, 15) is 24.8 Å². The summed E-state index contributed by atoms with van der Waals surface area (Å²) >= 11 is 0. The van der Waals surface area contributed by atoms with Crippen molar-refractivity contribution in [3.8, 4) is 5.75 Å². The quantitative estimate of drug-likeness (QED) is 0.377. The molecular weight excluding hydrogens is 290 g/mol. The van der Waals surface area contributed by atoms with E-state index in [0.717, 1.165) is 24.3 Å². The molecule has 0 spiro atoms. The molecule has 0 aliphatic rings. The maximum absolute atomic E-state index is 12.2. The van der Waals surface area contributed by atoms with Crippen LogP contribution in [0.5, 0.6) is 5.75 Å². The Morgan fingerprint density at radius 1 is 1.18 bits per heavy atom. The maximum atomic E-state index is 12.2. The number of likely N-dealkylation sites (N-methyl/N-ethyl adjacent to an activating group) is 2. The molecule has 0 aromatic heterocycles. The minimum absolute atomic E-state index is 0.114. The van der Waals surface area contributed by atoms with Gasteiger partial charge in [-0.25, -0.2) is 0 Å². The molecule has 118 valence electrons. The van der Waals surface area contributed by atoms with Gasteiger partial charge in [-0.3, -0.25) is 19.7 Å². The first-order valence-electron chi connectivity index (χ1n) is 6.27. The summed E-state index contributed by atoms with van der Waals surface area (Å²) < 4.78 is 0. The van der Waals surface area contributed by atoms with Crippen molar-refractivity contribution >= 4 is 17.4 Å². The average Bonchev–Trinajstić information content (AvgIpc) is 2.42. The Kier molecular flexibility index (Phi) is 5.23. The Balaban J connectivity index is 3.22. The van der Waals surface area contributed by atoms with E-state index < -0.39 is 16.5 Å². The number of carbonyl (C=O) groups excluding carboxylic acids is 2. The van der Waals surface area contributed by atoms with Crippen LogP contribution >= 0.6 is 0 Å². The zero-order valence-electron chi connectivity index (χ0n) is 12.7. The highest BCUT2D eigenvalue weighted by Crippen LogP contribution is 2.24. The summed E-state index contributed by atoms with van der Waals surface area (Å²) in [6, 6.07) is 3.16. The Hall–Kier alpha value is -2.90. The molecule has 0 aliphatic heterocycles. The van der Waals surface area contributed by atoms with Gasteiger partial charge in [0, 0.05) is 40.3 Å². The average molecular weight is 307 g/mol. The summed E-state index contributed by atoms with van der Waals surface area (Å²) in [4.78, 5) is 36.9. The molecule has 8 heteroatoms. The molecule has 1 amide bonds. The molecule has 0 saturated carbocycles. The molecule has 0 radical (unpaired) electrons. The van der Waals surface area contributed by atoms with Gasteiger partial charge in [-0.2, -0.15) is 0 Å². The van der Waals surface area contributed by atoms with Gasteiger partial charge in [0.1, 0.15) is 11.4 Å². The number of phenols is 1. The number of hydrogen-bond acceptors (Lipinski definition) is 6. The van der Waals surface area contributed by atoms with Crippen molar-refractivity contribution in [1.29, 1.82) is 0 Å². The van der Waals surface area contributed by atoms with E-state index in [-0.39, 0.29) is 22.9 Å². The van der Waals surface area contributed by atoms with Gasteiger partial charge in [0.05, 0.1) is 16.6 Å². The third-order valence-electron chi connectivity index (χ3n) is 2.83. The normalized spacial score (nSPS) is 11.0. The number of allylic oxidation sites excluding steroid dienone is 1. The molecule has 0 unspecified atom stereocenters. The van der Waals surface area contributed by atoms with Crippen LogP contribution in [0.2, 0.25) is 0 Å². The van der Waals surface area contributed by atoms with Gasteiger partial charge in [-0.05, 0) is 6.07 Å². The number of nitrogens with zero attached hydrogens (tertiary/aromatic N) is 3. The number of benzene rings is 1. The van der Waals surface area contributed by atoms with Gasteiger partial charge < -0.3 is 14.9 Å². The van der Waals surface area contributed by atoms with Crippen LogP contribution < -0.4 is 0 Å². The van der Waals surface area contributed by atoms with Gasteiger partial charge in [0.15, 0.2) is 5.78 Å². The maximum Gasteiger partial charge on any atom is 0.273 e. The second-order valence-corrected chi connectivity index (χ2v) is 4.95. The third-order valence-corrected chi connectivity index (χ3v) is 2.83. The van der Waals surface area contributed by atoms with E-state index in [0.29, 0.717) is 0 Å². The lowest BCUT2D eigenvalue weighted by Gasteiger charge is -2.19. The highest BCUT2D eigenvalue weighted by atomic mass is 16.6. The minimum atomic E-state index is -0.676. The first-order valence-corrected chi connectivity index (χ1v) is 6.27. The van der Waals surface area contributed by atoms with Crippen LogP contribution in [-0.2, 0) is 4.79 Å². The van der Waals surface area contributed by atoms with Crippen LogP contribution in [0, 0.1) is 10.1 Å². The predicted molar refractivity (Wildman–Crippen MR) is 79.6 cm³/mol. The van der Waals surface area contributed by atoms with Crippen LogP contribution in [0.1, 0.15) is 10.4 Å². The fraction of sp³-hybridized carbons (Fsp3) is 0.286. The molecular formula is C14H17N3O5. The van der Waals surface area contributed by atoms with Crippen molar-refractivity contribution in [2.24, 2.45) is 0 Å². The lowest BCUT2D eigenvalue weighted by Crippen LogP contribution is -2.31. The van der Waals surface area contributed by atoms with Crippen molar-refractivity contribution < 1.29 is 19.6 Å². The van der Waals surface area contributed by atoms with Gasteiger partial charge in [-0.15, -0.1) is 0 Å². The number of nitro benzene ring substituents is 1. The molecule has 8 nitrogen and oxygen atoms in total. The standard InChI is InChI=1S/C14H17N3O5/c1-15(2)11(14(20)16(3)4)8-13(19)10-6-5-9(17(21)22)7-12(10)18/h5-8,18H,1-4H3/b11-8+. The van der Waals surface area contributed by atoms with Gasteiger partial charge in [0.25, 0.3) is 11.6 Å². The molecule has 0 atom stereocenters. The van der Waals surface area contributed by atoms with Crippen LogP contribution in [0.15, 0.2) is 30.0 Å². The second-order valence-electron chi connectivity index (χ2n) is 4.95. The molecule has 22 heavy (non-hydrogen) atoms. The van der Waals surface area contributed by atoms with Crippen molar-refractivity contribution in [3.63, 3.8) is 0 Å². The monoisotopic (exact) mass is 307 g/mol. The molecule has 1 rings (SSSR count). The molecule has 0 fully saturated rings. The number of carbonyl (C=O) groups is 2. The minimum Gasteiger partial charge on any atom is -0.507 e. The molecule has 0 bridgehead atoms. The topological polar surface area (TPSA) is 104 Å². The fourth-order valence-electron chi connectivity index (χ4n) is 1.66. The van der Waals surface area contributed by atoms with Crippen LogP contribution in [0.4, 0.5) is 5.69 Å². The smallest absolute Gasteiger partial charge is 0.273 e. The Morgan fingerprint density at radius 3 is 2.18 bits per heavy atom. The number of aromatic hydroxyl groups is 1. The Bertz CT molecular complexity index is 650. The SMILES string of the molecule is CN(C)C(=O)/C(=C\C(=O)c1ccc([N+](=O)[O-])cc1O)N(C)C. The lowest BCUT2D eigenvalue weighted by molar-refractivity contribution is -0.384. The highest BCUT2D eigenvalue weighted by molar-refractivity contribution is 6.10. The zero-order chi connectivity index (χ0) is 17.0. The van der Waals surface area contributed by atoms with Gasteiger partial charge >= 0.3 is 0 Å². The number of phenolic OH excluding ortho intramolecular Hbond substituents is 1. The van der Waals surface area contributed by atoms with E-state index in [1.807, 2.05) is 0 Å². The molecule has 1 aromatic rings. The third kappa shape index (κ3) is 3.81. The highest BCUT2D eigenvalue weighted by Gasteiger charge is 2.19. The van der Waals surface area contributed by atoms with Gasteiger partial charge in [0.2, 0.25) is 0 Å². The lowest BCUT2D eigenvalue weighted by atomic mass is 10.1. The Morgan fingerprint density at radius 2 is 1.77 bits per heavy atom. The summed E-state index contributed by atoms with van der Waals surface area (Å²) in [6.07, 6.45) is 1.09. The largest absolute Gasteiger partial charge is 0.507 e. The first kappa shape index (κ1) is 17.2. The van der Waals surface area contributed by atoms with Crippen LogP contribution in [-0.4, -0.2) is 59.7 Å². The molecule has 0 saturated heterocycles. The predicted octanol–water partition coefficient (Wildman–Crippen LogP) is 1.02. The van der Waals surface area contributed by atoms with E-state index >= 15 is 0 Å². The van der Waals surface area contributed by atoms with Crippen LogP contribution in [0.3, 0.4) is 0 Å². The molecule has 1 N–H and O–H groups in total. The number of hydrogen-bond donors (Lipinski definition) is 1. The van der Waals surface area contributed by atoms with Crippen LogP contribution in [0.25, 0.3) is 0 Å². The van der Waals surface area contributed by atoms with Crippen molar-refractivity contribution in [1.82, 2.24) is 9.80 Å². The van der Waals surface area contributed by atoms with E-state index in [4.69, 9.17) is 0 Å². The number of amides is 1. The van der Waals surface area contributed by atoms with E-state index in [2.05, 4.69) is 0 Å². The van der Waals surface area contributed by atoms with E-state index in [1.165, 1.54) is 9.80 Å². The van der Waals surface area contributed by atoms with Crippen molar-refractivity contribution in [3.05, 3.63) is 45.6 Å². The van der Waals surface area contributed by atoms with Crippen molar-refractivity contribution in [2.75, 3.05) is 28.2 Å². The summed E-state index contributed by atoms with van der Waals surface area (Å²) in [5, 5.41) is 20.4. The van der Waals surface area contributed by atoms with E-state index in [1.54, 1.807) is 28.2 Å². The number of nitro groups is 1. The molecule has 0 aliphatic carbocycles. The zero-order valence-corrected chi connectivity index (χ0v) is 12.7. The summed E-state index contributed by atoms with van der Waals surface area (Å²) in [6.45, 7) is 0. The second kappa shape index (κ2) is 6.70. The first-order chi connectivity index (χ1) is 10.1. The molecule has 0 heterocycles. The summed E-state index contributed by atoms with van der Waals surface area (Å²) in [7, 11) is 6.31. The Labute approximate surface area is 127 Å². The summed E-state index contributed by atoms with van der Waals surface area (Å²) in [5.74, 6) is -1.50. The van der Waals surface area contributed by atoms with Gasteiger partial charge in [-0.1, -0.05) is 0 Å². The molecule has 1 aromatic carbocycles. The number of non-ortho nitro benzene ring substituents is 1. The fourth-order valence-corrected chi connectivity index (χ4v) is 1.66.